The zero-order valence-corrected chi connectivity index (χ0v) is 8.89. The van der Waals surface area contributed by atoms with Gasteiger partial charge in [0, 0.05) is 19.4 Å². The summed E-state index contributed by atoms with van der Waals surface area (Å²) in [7, 11) is -1.82. The third-order valence-electron chi connectivity index (χ3n) is 1.94. The summed E-state index contributed by atoms with van der Waals surface area (Å²) in [6.07, 6.45) is 2.83. The predicted molar refractivity (Wildman–Crippen MR) is 55.6 cm³/mol. The van der Waals surface area contributed by atoms with Crippen LogP contribution in [0.3, 0.4) is 0 Å². The van der Waals surface area contributed by atoms with Gasteiger partial charge in [0.1, 0.15) is 4.90 Å². The molecule has 1 aliphatic rings. The lowest BCUT2D eigenvalue weighted by Gasteiger charge is -2.27. The Balaban J connectivity index is 2.74. The van der Waals surface area contributed by atoms with Crippen LogP contribution in [-0.4, -0.2) is 25.6 Å². The summed E-state index contributed by atoms with van der Waals surface area (Å²) in [6.45, 7) is 0. The zero-order valence-electron chi connectivity index (χ0n) is 7.26. The molecular weight excluding hydrogens is 222 g/mol. The van der Waals surface area contributed by atoms with Crippen molar-refractivity contribution in [2.75, 3.05) is 11.9 Å². The van der Waals surface area contributed by atoms with Gasteiger partial charge in [-0.25, -0.2) is 8.42 Å². The van der Waals surface area contributed by atoms with Gasteiger partial charge in [-0.1, -0.05) is 0 Å². The summed E-state index contributed by atoms with van der Waals surface area (Å²) in [5, 5.41) is 0.170. The van der Waals surface area contributed by atoms with E-state index in [1.165, 1.54) is 12.4 Å². The maximum absolute atomic E-state index is 11.6. The van der Waals surface area contributed by atoms with Crippen molar-refractivity contribution in [1.29, 1.82) is 0 Å². The van der Waals surface area contributed by atoms with Crippen LogP contribution in [0.2, 0.25) is 0 Å². The Morgan fingerprint density at radius 3 is 3.00 bits per heavy atom. The third kappa shape index (κ3) is 1.25. The number of thiocarbonyl (C=S) groups is 1. The van der Waals surface area contributed by atoms with E-state index in [0.29, 0.717) is 5.69 Å². The minimum Gasteiger partial charge on any atom is -0.320 e. The van der Waals surface area contributed by atoms with Crippen LogP contribution in [0.25, 0.3) is 0 Å². The number of anilines is 1. The summed E-state index contributed by atoms with van der Waals surface area (Å²) in [5.41, 5.74) is 0.545. The number of nitrogens with one attached hydrogen (secondary N) is 1. The Kier molecular flexibility index (Phi) is 1.93. The Bertz CT molecular complexity index is 497. The lowest BCUT2D eigenvalue weighted by molar-refractivity contribution is 0.590. The van der Waals surface area contributed by atoms with Crippen LogP contribution in [0, 0.1) is 0 Å². The van der Waals surface area contributed by atoms with Crippen molar-refractivity contribution in [3.63, 3.8) is 0 Å². The number of hydrogen-bond acceptors (Lipinski definition) is 4. The molecule has 0 fully saturated rings. The van der Waals surface area contributed by atoms with Gasteiger partial charge in [-0.05, 0) is 18.3 Å². The fourth-order valence-corrected chi connectivity index (χ4v) is 2.79. The highest BCUT2D eigenvalue weighted by atomic mass is 32.2. The van der Waals surface area contributed by atoms with Gasteiger partial charge in [0.25, 0.3) is 10.0 Å². The van der Waals surface area contributed by atoms with Crippen molar-refractivity contribution in [2.24, 2.45) is 0 Å². The van der Waals surface area contributed by atoms with E-state index in [0.717, 1.165) is 0 Å². The van der Waals surface area contributed by atoms with E-state index in [1.54, 1.807) is 18.0 Å². The van der Waals surface area contributed by atoms with Crippen LogP contribution < -0.4 is 9.62 Å². The van der Waals surface area contributed by atoms with Crippen LogP contribution in [0.4, 0.5) is 5.69 Å². The second-order valence-electron chi connectivity index (χ2n) is 2.81. The molecule has 1 aliphatic heterocycles. The van der Waals surface area contributed by atoms with Gasteiger partial charge in [-0.15, -0.1) is 0 Å². The fraction of sp³-hybridized carbons (Fsp3) is 0.143. The fourth-order valence-electron chi connectivity index (χ4n) is 1.20. The molecule has 5 nitrogen and oxygen atoms in total. The lowest BCUT2D eigenvalue weighted by Crippen LogP contribution is -2.45. The van der Waals surface area contributed by atoms with E-state index < -0.39 is 10.0 Å². The minimum atomic E-state index is -3.52. The van der Waals surface area contributed by atoms with Gasteiger partial charge in [0.15, 0.2) is 5.11 Å². The summed E-state index contributed by atoms with van der Waals surface area (Å²) in [4.78, 5) is 5.50. The van der Waals surface area contributed by atoms with E-state index in [9.17, 15) is 8.42 Å². The SMILES string of the molecule is CN1C(=S)NS(=O)(=O)c2cnccc21. The zero-order chi connectivity index (χ0) is 10.3. The normalized spacial score (nSPS) is 18.6. The van der Waals surface area contributed by atoms with Crippen LogP contribution in [0.1, 0.15) is 0 Å². The molecule has 2 rings (SSSR count). The molecule has 74 valence electrons. The average Bonchev–Trinajstić information content (AvgIpc) is 2.14. The van der Waals surface area contributed by atoms with E-state index >= 15 is 0 Å². The van der Waals surface area contributed by atoms with Gasteiger partial charge < -0.3 is 4.90 Å². The standard InChI is InChI=1S/C7H7N3O2S2/c1-10-5-2-3-8-4-6(5)14(11,12)9-7(10)13/h2-4H,1H3,(H,9,13). The summed E-state index contributed by atoms with van der Waals surface area (Å²) in [5.74, 6) is 0. The molecule has 0 amide bonds. The van der Waals surface area contributed by atoms with E-state index in [-0.39, 0.29) is 10.0 Å². The predicted octanol–water partition coefficient (Wildman–Crippen LogP) is 0.0946. The van der Waals surface area contributed by atoms with Crippen LogP contribution in [0.5, 0.6) is 0 Å². The molecule has 0 saturated heterocycles. The molecular formula is C7H7N3O2S2. The molecule has 0 spiro atoms. The molecule has 7 heteroatoms. The first kappa shape index (κ1) is 9.35. The lowest BCUT2D eigenvalue weighted by atomic mass is 10.4. The quantitative estimate of drug-likeness (QED) is 0.639. The van der Waals surface area contributed by atoms with Gasteiger partial charge in [-0.2, -0.15) is 0 Å². The average molecular weight is 229 g/mol. The first-order chi connectivity index (χ1) is 6.52. The molecule has 0 saturated carbocycles. The van der Waals surface area contributed by atoms with E-state index in [1.807, 2.05) is 0 Å². The minimum absolute atomic E-state index is 0.149. The van der Waals surface area contributed by atoms with Gasteiger partial charge in [-0.3, -0.25) is 9.71 Å². The molecule has 0 bridgehead atoms. The maximum atomic E-state index is 11.6. The number of sulfonamides is 1. The van der Waals surface area contributed by atoms with E-state index in [2.05, 4.69) is 9.71 Å². The number of pyridine rings is 1. The number of nitrogens with zero attached hydrogens (tertiary/aromatic N) is 2. The molecule has 1 aromatic rings. The molecule has 0 unspecified atom stereocenters. The van der Waals surface area contributed by atoms with Gasteiger partial charge >= 0.3 is 0 Å². The molecule has 0 aliphatic carbocycles. The number of fused-ring (bicyclic) bond motifs is 1. The van der Waals surface area contributed by atoms with Crippen molar-refractivity contribution in [3.05, 3.63) is 18.5 Å². The first-order valence-electron chi connectivity index (χ1n) is 3.77. The molecule has 2 heterocycles. The Morgan fingerprint density at radius 2 is 2.29 bits per heavy atom. The monoisotopic (exact) mass is 229 g/mol. The van der Waals surface area contributed by atoms with Crippen molar-refractivity contribution < 1.29 is 8.42 Å². The van der Waals surface area contributed by atoms with Crippen LogP contribution >= 0.6 is 12.2 Å². The van der Waals surface area contributed by atoms with Crippen molar-refractivity contribution in [3.8, 4) is 0 Å². The third-order valence-corrected chi connectivity index (χ3v) is 3.80. The summed E-state index contributed by atoms with van der Waals surface area (Å²) < 4.78 is 25.4. The van der Waals surface area contributed by atoms with E-state index in [4.69, 9.17) is 12.2 Å². The largest absolute Gasteiger partial charge is 0.320 e. The topological polar surface area (TPSA) is 62.3 Å². The molecule has 1 aromatic heterocycles. The van der Waals surface area contributed by atoms with Gasteiger partial charge in [0.2, 0.25) is 0 Å². The molecule has 0 atom stereocenters. The number of aromatic nitrogens is 1. The Morgan fingerprint density at radius 1 is 1.57 bits per heavy atom. The second kappa shape index (κ2) is 2.89. The number of hydrogen-bond donors (Lipinski definition) is 1. The van der Waals surface area contributed by atoms with Gasteiger partial charge in [0.05, 0.1) is 5.69 Å². The Hall–Kier alpha value is -1.21. The molecule has 0 radical (unpaired) electrons. The van der Waals surface area contributed by atoms with Crippen LogP contribution in [-0.2, 0) is 10.0 Å². The Labute approximate surface area is 86.8 Å². The molecule has 0 aromatic carbocycles. The maximum Gasteiger partial charge on any atom is 0.267 e. The highest BCUT2D eigenvalue weighted by molar-refractivity contribution is 7.92. The van der Waals surface area contributed by atoms with Crippen molar-refractivity contribution >= 4 is 33.0 Å². The first-order valence-corrected chi connectivity index (χ1v) is 5.66. The second-order valence-corrected chi connectivity index (χ2v) is 4.85. The molecule has 1 N–H and O–H groups in total. The number of rotatable bonds is 0. The highest BCUT2D eigenvalue weighted by Crippen LogP contribution is 2.26. The van der Waals surface area contributed by atoms with Crippen LogP contribution in [0.15, 0.2) is 23.4 Å². The summed E-state index contributed by atoms with van der Waals surface area (Å²) in [6, 6.07) is 1.61. The van der Waals surface area contributed by atoms with Crippen molar-refractivity contribution in [2.45, 2.75) is 4.90 Å². The van der Waals surface area contributed by atoms with Crippen molar-refractivity contribution in [1.82, 2.24) is 9.71 Å². The summed E-state index contributed by atoms with van der Waals surface area (Å²) >= 11 is 4.87. The highest BCUT2D eigenvalue weighted by Gasteiger charge is 2.29. The molecule has 14 heavy (non-hydrogen) atoms. The smallest absolute Gasteiger partial charge is 0.267 e.